The van der Waals surface area contributed by atoms with E-state index >= 15 is 0 Å². The molecule has 6 heteroatoms. The Morgan fingerprint density at radius 2 is 1.94 bits per heavy atom. The van der Waals surface area contributed by atoms with Crippen LogP contribution in [0.4, 0.5) is 0 Å². The van der Waals surface area contributed by atoms with Gasteiger partial charge in [0.1, 0.15) is 5.75 Å². The van der Waals surface area contributed by atoms with Crippen LogP contribution in [-0.4, -0.2) is 25.8 Å². The summed E-state index contributed by atoms with van der Waals surface area (Å²) >= 11 is 0. The Bertz CT molecular complexity index is 442. The lowest BCUT2D eigenvalue weighted by Crippen LogP contribution is -2.24. The molecule has 4 N–H and O–H groups in total. The number of hydrogen-bond donors (Lipinski definition) is 3. The molecule has 0 saturated carbocycles. The molecule has 0 amide bonds. The van der Waals surface area contributed by atoms with Crippen molar-refractivity contribution in [1.29, 1.82) is 0 Å². The number of phenolic OH excluding ortho intramolecular Hbond substituents is 1. The van der Waals surface area contributed by atoms with Gasteiger partial charge in [-0.1, -0.05) is 12.1 Å². The third-order valence-corrected chi connectivity index (χ3v) is 3.31. The third-order valence-electron chi connectivity index (χ3n) is 2.45. The smallest absolute Gasteiger partial charge is 0.209 e. The Labute approximate surface area is 102 Å². The molecule has 17 heavy (non-hydrogen) atoms. The minimum absolute atomic E-state index is 0.0116. The van der Waals surface area contributed by atoms with Crippen molar-refractivity contribution in [2.75, 3.05) is 12.3 Å². The van der Waals surface area contributed by atoms with Gasteiger partial charge in [0.15, 0.2) is 0 Å². The lowest BCUT2D eigenvalue weighted by molar-refractivity contribution is 0.474. The van der Waals surface area contributed by atoms with E-state index in [0.29, 0.717) is 13.0 Å². The zero-order chi connectivity index (χ0) is 12.9. The highest BCUT2D eigenvalue weighted by Gasteiger charge is 2.06. The van der Waals surface area contributed by atoms with Crippen LogP contribution in [0.1, 0.15) is 24.9 Å². The summed E-state index contributed by atoms with van der Waals surface area (Å²) < 4.78 is 21.4. The predicted molar refractivity (Wildman–Crippen MR) is 67.1 cm³/mol. The Morgan fingerprint density at radius 1 is 1.35 bits per heavy atom. The molecule has 0 heterocycles. The van der Waals surface area contributed by atoms with Crippen molar-refractivity contribution in [2.45, 2.75) is 19.4 Å². The fourth-order valence-electron chi connectivity index (χ4n) is 1.47. The maximum Gasteiger partial charge on any atom is 0.209 e. The number of nitrogens with one attached hydrogen (secondary N) is 1. The number of primary sulfonamides is 1. The Kier molecular flexibility index (Phi) is 4.92. The highest BCUT2D eigenvalue weighted by Crippen LogP contribution is 2.16. The molecule has 1 rings (SSSR count). The average Bonchev–Trinajstić information content (AvgIpc) is 2.24. The predicted octanol–water partition coefficient (Wildman–Crippen LogP) is 0.721. The Balaban J connectivity index is 2.35. The highest BCUT2D eigenvalue weighted by molar-refractivity contribution is 7.89. The molecular formula is C11H18N2O3S. The first kappa shape index (κ1) is 14.0. The van der Waals surface area contributed by atoms with Gasteiger partial charge in [-0.15, -0.1) is 0 Å². The van der Waals surface area contributed by atoms with E-state index in [2.05, 4.69) is 5.32 Å². The van der Waals surface area contributed by atoms with Gasteiger partial charge in [0.25, 0.3) is 0 Å². The molecule has 1 unspecified atom stereocenters. The van der Waals surface area contributed by atoms with Crippen LogP contribution in [0.15, 0.2) is 24.3 Å². The molecule has 0 radical (unpaired) electrons. The molecule has 0 saturated heterocycles. The monoisotopic (exact) mass is 258 g/mol. The van der Waals surface area contributed by atoms with E-state index in [-0.39, 0.29) is 17.5 Å². The zero-order valence-electron chi connectivity index (χ0n) is 9.76. The maximum atomic E-state index is 10.7. The van der Waals surface area contributed by atoms with Gasteiger partial charge in [-0.2, -0.15) is 0 Å². The van der Waals surface area contributed by atoms with Crippen molar-refractivity contribution >= 4 is 10.0 Å². The second-order valence-corrected chi connectivity index (χ2v) is 5.72. The van der Waals surface area contributed by atoms with Gasteiger partial charge in [-0.05, 0) is 37.6 Å². The Morgan fingerprint density at radius 3 is 2.47 bits per heavy atom. The molecule has 0 aliphatic carbocycles. The van der Waals surface area contributed by atoms with Crippen molar-refractivity contribution in [3.05, 3.63) is 29.8 Å². The summed E-state index contributed by atoms with van der Waals surface area (Å²) in [7, 11) is -3.37. The van der Waals surface area contributed by atoms with E-state index in [9.17, 15) is 8.42 Å². The fraction of sp³-hybridized carbons (Fsp3) is 0.455. The third kappa shape index (κ3) is 5.67. The standard InChI is InChI=1S/C11H18N2O3S/c1-9(10-3-5-11(14)6-4-10)13-7-2-8-17(12,15)16/h3-6,9,13-14H,2,7-8H2,1H3,(H2,12,15,16). The molecule has 0 bridgehead atoms. The topological polar surface area (TPSA) is 92.4 Å². The fourth-order valence-corrected chi connectivity index (χ4v) is 2.02. The van der Waals surface area contributed by atoms with E-state index in [1.807, 2.05) is 19.1 Å². The quantitative estimate of drug-likeness (QED) is 0.656. The second kappa shape index (κ2) is 6.00. The van der Waals surface area contributed by atoms with Crippen molar-refractivity contribution < 1.29 is 13.5 Å². The normalized spacial score (nSPS) is 13.5. The maximum absolute atomic E-state index is 10.7. The lowest BCUT2D eigenvalue weighted by Gasteiger charge is -2.13. The zero-order valence-corrected chi connectivity index (χ0v) is 10.6. The SMILES string of the molecule is CC(NCCCS(N)(=O)=O)c1ccc(O)cc1. The molecular weight excluding hydrogens is 240 g/mol. The van der Waals surface area contributed by atoms with Gasteiger partial charge in [-0.25, -0.2) is 13.6 Å². The summed E-state index contributed by atoms with van der Waals surface area (Å²) in [6, 6.07) is 7.01. The number of rotatable bonds is 6. The van der Waals surface area contributed by atoms with E-state index in [1.54, 1.807) is 12.1 Å². The summed E-state index contributed by atoms with van der Waals surface area (Å²) in [5, 5.41) is 17.2. The molecule has 1 aromatic carbocycles. The highest BCUT2D eigenvalue weighted by atomic mass is 32.2. The first-order valence-corrected chi connectivity index (χ1v) is 7.13. The molecule has 96 valence electrons. The number of hydrogen-bond acceptors (Lipinski definition) is 4. The van der Waals surface area contributed by atoms with Crippen LogP contribution in [0.25, 0.3) is 0 Å². The molecule has 0 aliphatic heterocycles. The van der Waals surface area contributed by atoms with Crippen LogP contribution in [0.3, 0.4) is 0 Å². The number of nitrogens with two attached hydrogens (primary N) is 1. The van der Waals surface area contributed by atoms with Gasteiger partial charge in [0.2, 0.25) is 10.0 Å². The van der Waals surface area contributed by atoms with Crippen LogP contribution in [0, 0.1) is 0 Å². The van der Waals surface area contributed by atoms with Gasteiger partial charge >= 0.3 is 0 Å². The molecule has 5 nitrogen and oxygen atoms in total. The number of benzene rings is 1. The molecule has 0 aromatic heterocycles. The molecule has 0 aliphatic rings. The first-order valence-electron chi connectivity index (χ1n) is 5.41. The molecule has 0 fully saturated rings. The van der Waals surface area contributed by atoms with E-state index in [1.165, 1.54) is 0 Å². The van der Waals surface area contributed by atoms with Crippen LogP contribution < -0.4 is 10.5 Å². The van der Waals surface area contributed by atoms with Crippen molar-refractivity contribution in [2.24, 2.45) is 5.14 Å². The van der Waals surface area contributed by atoms with Crippen LogP contribution in [0.2, 0.25) is 0 Å². The van der Waals surface area contributed by atoms with Gasteiger partial charge in [0.05, 0.1) is 5.75 Å². The molecule has 1 atom stereocenters. The Hall–Kier alpha value is -1.11. The van der Waals surface area contributed by atoms with Gasteiger partial charge < -0.3 is 10.4 Å². The van der Waals surface area contributed by atoms with E-state index in [4.69, 9.17) is 10.2 Å². The second-order valence-electron chi connectivity index (χ2n) is 3.99. The summed E-state index contributed by atoms with van der Waals surface area (Å²) in [5.41, 5.74) is 1.04. The molecule has 1 aromatic rings. The summed E-state index contributed by atoms with van der Waals surface area (Å²) in [4.78, 5) is 0. The first-order chi connectivity index (χ1) is 7.88. The van der Waals surface area contributed by atoms with Crippen LogP contribution in [-0.2, 0) is 10.0 Å². The lowest BCUT2D eigenvalue weighted by atomic mass is 10.1. The van der Waals surface area contributed by atoms with Crippen molar-refractivity contribution in [1.82, 2.24) is 5.32 Å². The van der Waals surface area contributed by atoms with Gasteiger partial charge in [-0.3, -0.25) is 0 Å². The van der Waals surface area contributed by atoms with Crippen LogP contribution in [0.5, 0.6) is 5.75 Å². The number of sulfonamides is 1. The summed E-state index contributed by atoms with van der Waals surface area (Å²) in [6.45, 7) is 2.56. The average molecular weight is 258 g/mol. The summed E-state index contributed by atoms with van der Waals surface area (Å²) in [6.07, 6.45) is 0.487. The number of phenols is 1. The minimum atomic E-state index is -3.37. The summed E-state index contributed by atoms with van der Waals surface area (Å²) in [5.74, 6) is 0.220. The van der Waals surface area contributed by atoms with Gasteiger partial charge in [0, 0.05) is 6.04 Å². The van der Waals surface area contributed by atoms with Crippen molar-refractivity contribution in [3.8, 4) is 5.75 Å². The van der Waals surface area contributed by atoms with Crippen LogP contribution >= 0.6 is 0 Å². The van der Waals surface area contributed by atoms with Crippen molar-refractivity contribution in [3.63, 3.8) is 0 Å². The van der Waals surface area contributed by atoms with E-state index < -0.39 is 10.0 Å². The largest absolute Gasteiger partial charge is 0.508 e. The number of aromatic hydroxyl groups is 1. The molecule has 0 spiro atoms. The minimum Gasteiger partial charge on any atom is -0.508 e. The van der Waals surface area contributed by atoms with E-state index in [0.717, 1.165) is 5.56 Å².